The number of nitrogens with one attached hydrogen (secondary N) is 2. The summed E-state index contributed by atoms with van der Waals surface area (Å²) in [5.74, 6) is -1.14. The highest BCUT2D eigenvalue weighted by Gasteiger charge is 2.22. The fourth-order valence-electron chi connectivity index (χ4n) is 2.72. The first-order valence-corrected chi connectivity index (χ1v) is 8.83. The van der Waals surface area contributed by atoms with Crippen LogP contribution in [0.25, 0.3) is 0 Å². The van der Waals surface area contributed by atoms with E-state index in [9.17, 15) is 9.59 Å². The van der Waals surface area contributed by atoms with Gasteiger partial charge in [-0.1, -0.05) is 60.7 Å². The molecular formula is C22H20N4O2. The Balaban J connectivity index is 1.61. The third-order valence-electron chi connectivity index (χ3n) is 4.06. The fourth-order valence-corrected chi connectivity index (χ4v) is 2.72. The highest BCUT2D eigenvalue weighted by molar-refractivity contribution is 5.91. The Kier molecular flexibility index (Phi) is 6.62. The predicted octanol–water partition coefficient (Wildman–Crippen LogP) is 2.48. The molecule has 28 heavy (non-hydrogen) atoms. The van der Waals surface area contributed by atoms with Gasteiger partial charge in [-0.05, 0) is 28.8 Å². The van der Waals surface area contributed by atoms with E-state index in [2.05, 4.69) is 20.8 Å². The van der Waals surface area contributed by atoms with Gasteiger partial charge in [0.1, 0.15) is 0 Å². The van der Waals surface area contributed by atoms with Crippen molar-refractivity contribution in [1.29, 1.82) is 0 Å². The third-order valence-corrected chi connectivity index (χ3v) is 4.06. The molecule has 0 aliphatic heterocycles. The van der Waals surface area contributed by atoms with E-state index in [1.807, 2.05) is 60.7 Å². The van der Waals surface area contributed by atoms with Crippen molar-refractivity contribution < 1.29 is 9.59 Å². The molecule has 140 valence electrons. The topological polar surface area (TPSA) is 83.5 Å². The Morgan fingerprint density at radius 3 is 2.04 bits per heavy atom. The Bertz CT molecular complexity index is 889. The van der Waals surface area contributed by atoms with E-state index < -0.39 is 11.8 Å². The van der Waals surface area contributed by atoms with Crippen molar-refractivity contribution in [1.82, 2.24) is 15.7 Å². The van der Waals surface area contributed by atoms with E-state index in [1.165, 1.54) is 6.21 Å². The van der Waals surface area contributed by atoms with Crippen LogP contribution in [-0.4, -0.2) is 29.6 Å². The van der Waals surface area contributed by atoms with Crippen LogP contribution in [0, 0.1) is 0 Å². The molecule has 0 spiro atoms. The van der Waals surface area contributed by atoms with Gasteiger partial charge in [0.05, 0.1) is 18.7 Å². The van der Waals surface area contributed by atoms with Crippen LogP contribution < -0.4 is 10.7 Å². The van der Waals surface area contributed by atoms with Crippen LogP contribution in [0.1, 0.15) is 22.6 Å². The lowest BCUT2D eigenvalue weighted by atomic mass is 9.90. The first-order chi connectivity index (χ1) is 13.7. The van der Waals surface area contributed by atoms with Crippen molar-refractivity contribution in [2.45, 2.75) is 5.92 Å². The number of amides is 2. The Labute approximate surface area is 163 Å². The molecule has 2 N–H and O–H groups in total. The fraction of sp³-hybridized carbons (Fsp3) is 0.0909. The molecule has 0 unspecified atom stereocenters. The van der Waals surface area contributed by atoms with Gasteiger partial charge in [-0.2, -0.15) is 5.10 Å². The van der Waals surface area contributed by atoms with E-state index in [1.54, 1.807) is 24.5 Å². The third kappa shape index (κ3) is 5.35. The second kappa shape index (κ2) is 9.78. The van der Waals surface area contributed by atoms with Crippen molar-refractivity contribution >= 4 is 18.0 Å². The maximum atomic E-state index is 12.8. The number of nitrogens with zero attached hydrogens (tertiary/aromatic N) is 2. The second-order valence-corrected chi connectivity index (χ2v) is 6.05. The van der Waals surface area contributed by atoms with Crippen LogP contribution in [-0.2, 0) is 9.59 Å². The van der Waals surface area contributed by atoms with E-state index >= 15 is 0 Å². The van der Waals surface area contributed by atoms with Crippen molar-refractivity contribution in [3.8, 4) is 0 Å². The lowest BCUT2D eigenvalue weighted by Gasteiger charge is -2.17. The predicted molar refractivity (Wildman–Crippen MR) is 108 cm³/mol. The highest BCUT2D eigenvalue weighted by atomic mass is 16.2. The van der Waals surface area contributed by atoms with Crippen LogP contribution in [0.5, 0.6) is 0 Å². The lowest BCUT2D eigenvalue weighted by Crippen LogP contribution is -2.37. The van der Waals surface area contributed by atoms with Gasteiger partial charge in [-0.3, -0.25) is 14.6 Å². The van der Waals surface area contributed by atoms with Gasteiger partial charge < -0.3 is 5.32 Å². The minimum atomic E-state index is -0.490. The zero-order chi connectivity index (χ0) is 19.6. The van der Waals surface area contributed by atoms with E-state index in [0.717, 1.165) is 16.7 Å². The molecule has 1 heterocycles. The van der Waals surface area contributed by atoms with Crippen LogP contribution in [0.3, 0.4) is 0 Å². The lowest BCUT2D eigenvalue weighted by molar-refractivity contribution is -0.126. The minimum Gasteiger partial charge on any atom is -0.346 e. The number of benzene rings is 2. The standard InChI is InChI=1S/C22H20N4O2/c27-20(26-25-15-17-11-13-23-14-12-17)16-24-22(28)21(18-7-3-1-4-8-18)19-9-5-2-6-10-19/h1-15,21H,16H2,(H,24,28)(H,26,27). The monoisotopic (exact) mass is 372 g/mol. The quantitative estimate of drug-likeness (QED) is 0.494. The van der Waals surface area contributed by atoms with Gasteiger partial charge in [0, 0.05) is 12.4 Å². The Morgan fingerprint density at radius 1 is 0.893 bits per heavy atom. The zero-order valence-electron chi connectivity index (χ0n) is 15.2. The molecular weight excluding hydrogens is 352 g/mol. The van der Waals surface area contributed by atoms with Crippen molar-refractivity contribution in [2.24, 2.45) is 5.10 Å². The van der Waals surface area contributed by atoms with Crippen molar-refractivity contribution in [3.63, 3.8) is 0 Å². The highest BCUT2D eigenvalue weighted by Crippen LogP contribution is 2.24. The molecule has 0 fully saturated rings. The number of hydrogen-bond acceptors (Lipinski definition) is 4. The van der Waals surface area contributed by atoms with Gasteiger partial charge in [-0.25, -0.2) is 5.43 Å². The van der Waals surface area contributed by atoms with Crippen molar-refractivity contribution in [2.75, 3.05) is 6.54 Å². The van der Waals surface area contributed by atoms with E-state index in [-0.39, 0.29) is 12.5 Å². The number of hydrogen-bond donors (Lipinski definition) is 2. The zero-order valence-corrected chi connectivity index (χ0v) is 15.2. The van der Waals surface area contributed by atoms with Gasteiger partial charge in [0.15, 0.2) is 0 Å². The van der Waals surface area contributed by atoms with Gasteiger partial charge in [0.2, 0.25) is 5.91 Å². The number of aromatic nitrogens is 1. The molecule has 0 bridgehead atoms. The maximum Gasteiger partial charge on any atom is 0.259 e. The second-order valence-electron chi connectivity index (χ2n) is 6.05. The van der Waals surface area contributed by atoms with Gasteiger partial charge in [0.25, 0.3) is 5.91 Å². The minimum absolute atomic E-state index is 0.164. The normalized spacial score (nSPS) is 10.8. The summed E-state index contributed by atoms with van der Waals surface area (Å²) >= 11 is 0. The molecule has 3 rings (SSSR count). The number of carbonyl (C=O) groups is 2. The molecule has 6 nitrogen and oxygen atoms in total. The molecule has 6 heteroatoms. The van der Waals surface area contributed by atoms with Gasteiger partial charge in [-0.15, -0.1) is 0 Å². The smallest absolute Gasteiger partial charge is 0.259 e. The molecule has 0 aliphatic rings. The average molecular weight is 372 g/mol. The number of rotatable bonds is 7. The molecule has 0 saturated heterocycles. The maximum absolute atomic E-state index is 12.8. The molecule has 0 saturated carbocycles. The molecule has 0 radical (unpaired) electrons. The summed E-state index contributed by atoms with van der Waals surface area (Å²) in [6, 6.07) is 22.5. The molecule has 2 amide bonds. The molecule has 0 aliphatic carbocycles. The summed E-state index contributed by atoms with van der Waals surface area (Å²) in [5.41, 5.74) is 4.94. The van der Waals surface area contributed by atoms with Crippen LogP contribution >= 0.6 is 0 Å². The summed E-state index contributed by atoms with van der Waals surface area (Å²) in [6.07, 6.45) is 4.78. The average Bonchev–Trinajstić information content (AvgIpc) is 2.75. The Hall–Kier alpha value is -3.80. The Morgan fingerprint density at radius 2 is 1.46 bits per heavy atom. The summed E-state index contributed by atoms with van der Waals surface area (Å²) in [4.78, 5) is 28.7. The largest absolute Gasteiger partial charge is 0.346 e. The number of pyridine rings is 1. The first kappa shape index (κ1) is 19.0. The van der Waals surface area contributed by atoms with Crippen LogP contribution in [0.4, 0.5) is 0 Å². The first-order valence-electron chi connectivity index (χ1n) is 8.83. The van der Waals surface area contributed by atoms with E-state index in [0.29, 0.717) is 0 Å². The summed E-state index contributed by atoms with van der Waals surface area (Å²) < 4.78 is 0. The summed E-state index contributed by atoms with van der Waals surface area (Å²) in [6.45, 7) is -0.164. The molecule has 1 aromatic heterocycles. The molecule has 2 aromatic carbocycles. The van der Waals surface area contributed by atoms with Crippen LogP contribution in [0.2, 0.25) is 0 Å². The summed E-state index contributed by atoms with van der Waals surface area (Å²) in [7, 11) is 0. The number of carbonyl (C=O) groups excluding carboxylic acids is 2. The van der Waals surface area contributed by atoms with Gasteiger partial charge >= 0.3 is 0 Å². The molecule has 0 atom stereocenters. The van der Waals surface area contributed by atoms with Crippen LogP contribution in [0.15, 0.2) is 90.3 Å². The van der Waals surface area contributed by atoms with Crippen molar-refractivity contribution in [3.05, 3.63) is 102 Å². The SMILES string of the molecule is O=C(CNC(=O)C(c1ccccc1)c1ccccc1)NN=Cc1ccncc1. The number of hydrazone groups is 1. The molecule has 3 aromatic rings. The van der Waals surface area contributed by atoms with E-state index in [4.69, 9.17) is 0 Å². The summed E-state index contributed by atoms with van der Waals surface area (Å²) in [5, 5.41) is 6.57.